The largest absolute Gasteiger partial charge is 0.494 e. The van der Waals surface area contributed by atoms with Crippen molar-refractivity contribution in [1.82, 2.24) is 5.32 Å². The van der Waals surface area contributed by atoms with E-state index in [9.17, 15) is 0 Å². The molecule has 0 radical (unpaired) electrons. The summed E-state index contributed by atoms with van der Waals surface area (Å²) in [5.41, 5.74) is 0.876. The van der Waals surface area contributed by atoms with Crippen LogP contribution in [0.25, 0.3) is 0 Å². The van der Waals surface area contributed by atoms with Crippen LogP contribution in [0.15, 0.2) is 48.5 Å². The molecule has 2 N–H and O–H groups in total. The fourth-order valence-corrected chi connectivity index (χ4v) is 2.53. The molecule has 5 nitrogen and oxygen atoms in total. The predicted octanol–water partition coefficient (Wildman–Crippen LogP) is 3.85. The molecule has 2 aromatic carbocycles. The van der Waals surface area contributed by atoms with Crippen molar-refractivity contribution in [2.45, 2.75) is 19.9 Å². The molecule has 0 spiro atoms. The molecule has 2 rings (SSSR count). The van der Waals surface area contributed by atoms with E-state index < -0.39 is 0 Å². The third kappa shape index (κ3) is 6.15. The van der Waals surface area contributed by atoms with Gasteiger partial charge in [-0.15, -0.1) is 0 Å². The fraction of sp³-hybridized carbons (Fsp3) is 0.316. The molecular weight excluding hydrogens is 336 g/mol. The van der Waals surface area contributed by atoms with Gasteiger partial charge in [0, 0.05) is 11.8 Å². The second kappa shape index (κ2) is 9.74. The van der Waals surface area contributed by atoms with Gasteiger partial charge in [0.25, 0.3) is 0 Å². The van der Waals surface area contributed by atoms with E-state index in [1.165, 1.54) is 0 Å². The summed E-state index contributed by atoms with van der Waals surface area (Å²) >= 11 is 5.36. The van der Waals surface area contributed by atoms with Crippen molar-refractivity contribution >= 4 is 23.0 Å². The SMILES string of the molecule is CCOc1cccc(NC(=S)N[C@H](C)COc2ccccc2OC)c1. The Morgan fingerprint density at radius 2 is 1.84 bits per heavy atom. The standard InChI is InChI=1S/C19H24N2O3S/c1-4-23-16-9-7-8-15(12-16)21-19(25)20-14(2)13-24-18-11-6-5-10-17(18)22-3/h5-12,14H,4,13H2,1-3H3,(H2,20,21,25)/t14-/m1/s1. The number of hydrogen-bond donors (Lipinski definition) is 2. The van der Waals surface area contributed by atoms with Gasteiger partial charge < -0.3 is 24.8 Å². The summed E-state index contributed by atoms with van der Waals surface area (Å²) in [6.07, 6.45) is 0. The Kier molecular flexibility index (Phi) is 7.35. The van der Waals surface area contributed by atoms with Crippen molar-refractivity contribution in [3.63, 3.8) is 0 Å². The highest BCUT2D eigenvalue weighted by atomic mass is 32.1. The Hall–Kier alpha value is -2.47. The van der Waals surface area contributed by atoms with Gasteiger partial charge in [-0.3, -0.25) is 0 Å². The first kappa shape index (κ1) is 18.9. The van der Waals surface area contributed by atoms with Gasteiger partial charge in [-0.05, 0) is 50.3 Å². The van der Waals surface area contributed by atoms with E-state index in [0.717, 1.165) is 11.4 Å². The summed E-state index contributed by atoms with van der Waals surface area (Å²) in [6.45, 7) is 5.04. The van der Waals surface area contributed by atoms with Gasteiger partial charge in [-0.1, -0.05) is 18.2 Å². The topological polar surface area (TPSA) is 51.8 Å². The van der Waals surface area contributed by atoms with Gasteiger partial charge in [0.05, 0.1) is 19.8 Å². The summed E-state index contributed by atoms with van der Waals surface area (Å²) in [5.74, 6) is 2.23. The summed E-state index contributed by atoms with van der Waals surface area (Å²) in [6, 6.07) is 15.3. The van der Waals surface area contributed by atoms with Gasteiger partial charge >= 0.3 is 0 Å². The fourth-order valence-electron chi connectivity index (χ4n) is 2.22. The molecule has 1 atom stereocenters. The van der Waals surface area contributed by atoms with Crippen molar-refractivity contribution in [1.29, 1.82) is 0 Å². The zero-order valence-electron chi connectivity index (χ0n) is 14.7. The third-order valence-corrected chi connectivity index (χ3v) is 3.56. The lowest BCUT2D eigenvalue weighted by atomic mass is 10.3. The van der Waals surface area contributed by atoms with Crippen LogP contribution in [0.1, 0.15) is 13.8 Å². The minimum atomic E-state index is 0.0278. The number of rotatable bonds is 8. The van der Waals surface area contributed by atoms with Gasteiger partial charge in [-0.25, -0.2) is 0 Å². The van der Waals surface area contributed by atoms with Crippen LogP contribution < -0.4 is 24.8 Å². The minimum absolute atomic E-state index is 0.0278. The molecule has 6 heteroatoms. The van der Waals surface area contributed by atoms with Crippen molar-refractivity contribution in [2.24, 2.45) is 0 Å². The molecule has 0 saturated heterocycles. The maximum atomic E-state index is 5.80. The number of para-hydroxylation sites is 2. The highest BCUT2D eigenvalue weighted by Crippen LogP contribution is 2.25. The first-order valence-electron chi connectivity index (χ1n) is 8.18. The number of methoxy groups -OCH3 is 1. The number of thiocarbonyl (C=S) groups is 1. The van der Waals surface area contributed by atoms with Crippen molar-refractivity contribution in [2.75, 3.05) is 25.6 Å². The molecule has 0 amide bonds. The Morgan fingerprint density at radius 3 is 2.56 bits per heavy atom. The Labute approximate surface area is 154 Å². The number of ether oxygens (including phenoxy) is 3. The predicted molar refractivity (Wildman–Crippen MR) is 105 cm³/mol. The molecule has 0 fully saturated rings. The van der Waals surface area contributed by atoms with Crippen LogP contribution in [0.3, 0.4) is 0 Å². The zero-order chi connectivity index (χ0) is 18.1. The highest BCUT2D eigenvalue weighted by Gasteiger charge is 2.08. The average molecular weight is 360 g/mol. The molecule has 0 aliphatic rings. The van der Waals surface area contributed by atoms with Crippen LogP contribution in [0.5, 0.6) is 17.2 Å². The second-order valence-electron chi connectivity index (χ2n) is 5.42. The monoisotopic (exact) mass is 360 g/mol. The lowest BCUT2D eigenvalue weighted by molar-refractivity contribution is 0.270. The molecule has 0 heterocycles. The molecule has 134 valence electrons. The van der Waals surface area contributed by atoms with Crippen LogP contribution in [0.2, 0.25) is 0 Å². The number of benzene rings is 2. The van der Waals surface area contributed by atoms with Gasteiger partial charge in [0.1, 0.15) is 12.4 Å². The van der Waals surface area contributed by atoms with Crippen molar-refractivity contribution < 1.29 is 14.2 Å². The van der Waals surface area contributed by atoms with E-state index >= 15 is 0 Å². The molecule has 25 heavy (non-hydrogen) atoms. The first-order chi connectivity index (χ1) is 12.1. The zero-order valence-corrected chi connectivity index (χ0v) is 15.6. The second-order valence-corrected chi connectivity index (χ2v) is 5.83. The minimum Gasteiger partial charge on any atom is -0.494 e. The van der Waals surface area contributed by atoms with Crippen LogP contribution >= 0.6 is 12.2 Å². The lowest BCUT2D eigenvalue weighted by Gasteiger charge is -2.18. The molecular formula is C19H24N2O3S. The molecule has 0 aliphatic carbocycles. The summed E-state index contributed by atoms with van der Waals surface area (Å²) in [7, 11) is 1.62. The van der Waals surface area contributed by atoms with E-state index in [4.69, 9.17) is 26.4 Å². The Morgan fingerprint density at radius 1 is 1.08 bits per heavy atom. The van der Waals surface area contributed by atoms with E-state index in [2.05, 4.69) is 10.6 Å². The van der Waals surface area contributed by atoms with E-state index in [-0.39, 0.29) is 6.04 Å². The lowest BCUT2D eigenvalue weighted by Crippen LogP contribution is -2.39. The quantitative estimate of drug-likeness (QED) is 0.698. The highest BCUT2D eigenvalue weighted by molar-refractivity contribution is 7.80. The van der Waals surface area contributed by atoms with Crippen LogP contribution in [-0.4, -0.2) is 31.5 Å². The summed E-state index contributed by atoms with van der Waals surface area (Å²) < 4.78 is 16.6. The van der Waals surface area contributed by atoms with Gasteiger partial charge in [-0.2, -0.15) is 0 Å². The smallest absolute Gasteiger partial charge is 0.171 e. The van der Waals surface area contributed by atoms with Crippen LogP contribution in [-0.2, 0) is 0 Å². The molecule has 0 aliphatic heterocycles. The van der Waals surface area contributed by atoms with E-state index in [1.807, 2.05) is 62.4 Å². The Bertz CT molecular complexity index is 694. The number of hydrogen-bond acceptors (Lipinski definition) is 4. The van der Waals surface area contributed by atoms with E-state index in [0.29, 0.717) is 29.8 Å². The normalized spacial score (nSPS) is 11.3. The van der Waals surface area contributed by atoms with E-state index in [1.54, 1.807) is 7.11 Å². The average Bonchev–Trinajstić information content (AvgIpc) is 2.60. The molecule has 0 unspecified atom stereocenters. The molecule has 0 aromatic heterocycles. The van der Waals surface area contributed by atoms with Crippen LogP contribution in [0, 0.1) is 0 Å². The number of nitrogens with one attached hydrogen (secondary N) is 2. The van der Waals surface area contributed by atoms with Gasteiger partial charge in [0.15, 0.2) is 16.6 Å². The summed E-state index contributed by atoms with van der Waals surface area (Å²) in [4.78, 5) is 0. The first-order valence-corrected chi connectivity index (χ1v) is 8.59. The maximum absolute atomic E-state index is 5.80. The van der Waals surface area contributed by atoms with Crippen LogP contribution in [0.4, 0.5) is 5.69 Å². The molecule has 2 aromatic rings. The Balaban J connectivity index is 1.82. The van der Waals surface area contributed by atoms with Crippen molar-refractivity contribution in [3.05, 3.63) is 48.5 Å². The van der Waals surface area contributed by atoms with Crippen molar-refractivity contribution in [3.8, 4) is 17.2 Å². The molecule has 0 bridgehead atoms. The summed E-state index contributed by atoms with van der Waals surface area (Å²) in [5, 5.41) is 6.89. The molecule has 0 saturated carbocycles. The maximum Gasteiger partial charge on any atom is 0.171 e. The number of anilines is 1. The van der Waals surface area contributed by atoms with Gasteiger partial charge in [0.2, 0.25) is 0 Å². The third-order valence-electron chi connectivity index (χ3n) is 3.34.